The van der Waals surface area contributed by atoms with Gasteiger partial charge < -0.3 is 11.5 Å². The van der Waals surface area contributed by atoms with E-state index in [1.165, 1.54) is 11.1 Å². The van der Waals surface area contributed by atoms with Crippen molar-refractivity contribution in [2.75, 3.05) is 0 Å². The third kappa shape index (κ3) is 1.46. The zero-order valence-corrected chi connectivity index (χ0v) is 6.52. The molecule has 0 aliphatic heterocycles. The van der Waals surface area contributed by atoms with Crippen LogP contribution in [0.4, 0.5) is 0 Å². The van der Waals surface area contributed by atoms with Crippen molar-refractivity contribution in [1.82, 2.24) is 0 Å². The molecule has 2 heteroatoms. The van der Waals surface area contributed by atoms with Crippen LogP contribution in [0.25, 0.3) is 0 Å². The largest absolute Gasteiger partial charge is 0.310 e. The van der Waals surface area contributed by atoms with E-state index >= 15 is 0 Å². The summed E-state index contributed by atoms with van der Waals surface area (Å²) in [5.41, 5.74) is 13.3. The first-order chi connectivity index (χ1) is 4.51. The van der Waals surface area contributed by atoms with Gasteiger partial charge in [-0.3, -0.25) is 0 Å². The molecule has 0 heterocycles. The molecule has 0 atom stereocenters. The van der Waals surface area contributed by atoms with E-state index in [1.54, 1.807) is 0 Å². The van der Waals surface area contributed by atoms with Gasteiger partial charge in [-0.15, -0.1) is 0 Å². The van der Waals surface area contributed by atoms with Crippen molar-refractivity contribution >= 4 is 0 Å². The lowest BCUT2D eigenvalue weighted by Crippen LogP contribution is -2.48. The lowest BCUT2D eigenvalue weighted by atomic mass is 9.92. The molecule has 0 saturated heterocycles. The molecule has 0 spiro atoms. The number of hydrogen-bond acceptors (Lipinski definition) is 2. The normalized spacial score (nSPS) is 23.6. The van der Waals surface area contributed by atoms with Gasteiger partial charge in [0.2, 0.25) is 0 Å². The summed E-state index contributed by atoms with van der Waals surface area (Å²) in [5, 5.41) is 0. The number of rotatable bonds is 0. The Bertz CT molecular complexity index is 199. The molecule has 0 aromatic rings. The molecular weight excluding hydrogens is 124 g/mol. The van der Waals surface area contributed by atoms with Crippen molar-refractivity contribution in [3.05, 3.63) is 23.3 Å². The van der Waals surface area contributed by atoms with Gasteiger partial charge in [-0.05, 0) is 19.9 Å². The summed E-state index contributed by atoms with van der Waals surface area (Å²) in [5.74, 6) is 0. The van der Waals surface area contributed by atoms with Gasteiger partial charge in [0.1, 0.15) is 0 Å². The number of nitrogens with two attached hydrogens (primary N) is 2. The Balaban J connectivity index is 2.85. The highest BCUT2D eigenvalue weighted by Crippen LogP contribution is 2.20. The summed E-state index contributed by atoms with van der Waals surface area (Å²) in [6.45, 7) is 4.13. The van der Waals surface area contributed by atoms with Crippen molar-refractivity contribution in [3.8, 4) is 0 Å². The summed E-state index contributed by atoms with van der Waals surface area (Å²) in [4.78, 5) is 0. The van der Waals surface area contributed by atoms with Crippen molar-refractivity contribution in [1.29, 1.82) is 0 Å². The smallest absolute Gasteiger partial charge is 0.0869 e. The molecule has 0 aromatic heterocycles. The van der Waals surface area contributed by atoms with Gasteiger partial charge in [-0.1, -0.05) is 17.2 Å². The molecule has 0 amide bonds. The Morgan fingerprint density at radius 1 is 1.40 bits per heavy atom. The van der Waals surface area contributed by atoms with Gasteiger partial charge in [0.25, 0.3) is 0 Å². The predicted octanol–water partition coefficient (Wildman–Crippen LogP) is 0.896. The molecule has 0 fully saturated rings. The first-order valence-electron chi connectivity index (χ1n) is 3.45. The van der Waals surface area contributed by atoms with Crippen molar-refractivity contribution in [2.45, 2.75) is 25.9 Å². The van der Waals surface area contributed by atoms with Crippen LogP contribution >= 0.6 is 0 Å². The van der Waals surface area contributed by atoms with E-state index in [4.69, 9.17) is 11.5 Å². The fourth-order valence-electron chi connectivity index (χ4n) is 1.08. The first kappa shape index (κ1) is 7.51. The van der Waals surface area contributed by atoms with Gasteiger partial charge in [0.15, 0.2) is 0 Å². The van der Waals surface area contributed by atoms with Gasteiger partial charge in [0, 0.05) is 6.42 Å². The van der Waals surface area contributed by atoms with Gasteiger partial charge >= 0.3 is 0 Å². The second-order valence-corrected chi connectivity index (χ2v) is 3.09. The first-order valence-corrected chi connectivity index (χ1v) is 3.45. The molecule has 0 unspecified atom stereocenters. The molecule has 56 valence electrons. The molecular formula is C8H14N2. The van der Waals surface area contributed by atoms with Gasteiger partial charge in [0.05, 0.1) is 5.66 Å². The zero-order valence-electron chi connectivity index (χ0n) is 6.52. The van der Waals surface area contributed by atoms with Crippen molar-refractivity contribution in [3.63, 3.8) is 0 Å². The van der Waals surface area contributed by atoms with Crippen LogP contribution in [0.2, 0.25) is 0 Å². The van der Waals surface area contributed by atoms with Crippen LogP contribution in [-0.4, -0.2) is 5.66 Å². The summed E-state index contributed by atoms with van der Waals surface area (Å²) < 4.78 is 0. The van der Waals surface area contributed by atoms with Crippen LogP contribution in [0, 0.1) is 0 Å². The van der Waals surface area contributed by atoms with E-state index in [0.717, 1.165) is 6.42 Å². The highest BCUT2D eigenvalue weighted by atomic mass is 14.9. The number of hydrogen-bond donors (Lipinski definition) is 2. The monoisotopic (exact) mass is 138 g/mol. The van der Waals surface area contributed by atoms with E-state index in [2.05, 4.69) is 13.8 Å². The van der Waals surface area contributed by atoms with Crippen molar-refractivity contribution in [2.24, 2.45) is 11.5 Å². The van der Waals surface area contributed by atoms with E-state index in [1.807, 2.05) is 12.2 Å². The second kappa shape index (κ2) is 2.22. The zero-order chi connectivity index (χ0) is 7.78. The third-order valence-electron chi connectivity index (χ3n) is 1.89. The number of allylic oxidation sites excluding steroid dienone is 2. The van der Waals surface area contributed by atoms with Crippen LogP contribution in [-0.2, 0) is 0 Å². The van der Waals surface area contributed by atoms with Crippen LogP contribution in [0.5, 0.6) is 0 Å². The Kier molecular flexibility index (Phi) is 1.67. The molecule has 1 rings (SSSR count). The fourth-order valence-corrected chi connectivity index (χ4v) is 1.08. The standard InChI is InChI=1S/C8H14N2/c1-6-3-4-8(9,10)5-7(6)2/h3-4H,5,9-10H2,1-2H3. The molecule has 0 radical (unpaired) electrons. The lowest BCUT2D eigenvalue weighted by molar-refractivity contribution is 0.538. The fraction of sp³-hybridized carbons (Fsp3) is 0.500. The average molecular weight is 138 g/mol. The summed E-state index contributed by atoms with van der Waals surface area (Å²) in [6.07, 6.45) is 4.61. The maximum Gasteiger partial charge on any atom is 0.0869 e. The minimum atomic E-state index is -0.608. The Labute approximate surface area is 61.6 Å². The highest BCUT2D eigenvalue weighted by Gasteiger charge is 2.19. The summed E-state index contributed by atoms with van der Waals surface area (Å²) in [6, 6.07) is 0. The van der Waals surface area contributed by atoms with Crippen molar-refractivity contribution < 1.29 is 0 Å². The maximum atomic E-state index is 5.69. The molecule has 0 aromatic carbocycles. The second-order valence-electron chi connectivity index (χ2n) is 3.09. The van der Waals surface area contributed by atoms with Gasteiger partial charge in [-0.2, -0.15) is 0 Å². The van der Waals surface area contributed by atoms with E-state index < -0.39 is 5.66 Å². The van der Waals surface area contributed by atoms with Crippen LogP contribution in [0.15, 0.2) is 23.3 Å². The Hall–Kier alpha value is -0.600. The van der Waals surface area contributed by atoms with E-state index in [-0.39, 0.29) is 0 Å². The molecule has 2 nitrogen and oxygen atoms in total. The van der Waals surface area contributed by atoms with Crippen LogP contribution in [0.3, 0.4) is 0 Å². The van der Waals surface area contributed by atoms with E-state index in [0.29, 0.717) is 0 Å². The molecule has 0 saturated carbocycles. The third-order valence-corrected chi connectivity index (χ3v) is 1.89. The Morgan fingerprint density at radius 3 is 2.40 bits per heavy atom. The Morgan fingerprint density at radius 2 is 2.00 bits per heavy atom. The molecule has 1 aliphatic carbocycles. The minimum Gasteiger partial charge on any atom is -0.310 e. The predicted molar refractivity (Wildman–Crippen MR) is 43.2 cm³/mol. The van der Waals surface area contributed by atoms with Crippen LogP contribution < -0.4 is 11.5 Å². The summed E-state index contributed by atoms with van der Waals surface area (Å²) in [7, 11) is 0. The molecule has 4 N–H and O–H groups in total. The van der Waals surface area contributed by atoms with Crippen LogP contribution in [0.1, 0.15) is 20.3 Å². The topological polar surface area (TPSA) is 52.0 Å². The molecule has 10 heavy (non-hydrogen) atoms. The quantitative estimate of drug-likeness (QED) is 0.488. The van der Waals surface area contributed by atoms with E-state index in [9.17, 15) is 0 Å². The maximum absolute atomic E-state index is 5.69. The minimum absolute atomic E-state index is 0.608. The SMILES string of the molecule is CC1=C(C)CC(N)(N)C=C1. The molecule has 1 aliphatic rings. The lowest BCUT2D eigenvalue weighted by Gasteiger charge is -2.25. The summed E-state index contributed by atoms with van der Waals surface area (Å²) >= 11 is 0. The van der Waals surface area contributed by atoms with Gasteiger partial charge in [-0.25, -0.2) is 0 Å². The molecule has 0 bridgehead atoms. The average Bonchev–Trinajstić information content (AvgIpc) is 1.79. The highest BCUT2D eigenvalue weighted by molar-refractivity contribution is 5.31.